The number of allylic oxidation sites excluding steroid dienone is 1. The summed E-state index contributed by atoms with van der Waals surface area (Å²) >= 11 is 0. The van der Waals surface area contributed by atoms with E-state index >= 15 is 0 Å². The zero-order valence-corrected chi connectivity index (χ0v) is 10.8. The second-order valence-corrected chi connectivity index (χ2v) is 4.20. The average Bonchev–Trinajstić information content (AvgIpc) is 2.49. The van der Waals surface area contributed by atoms with Crippen molar-refractivity contribution in [3.63, 3.8) is 0 Å². The van der Waals surface area contributed by atoms with Gasteiger partial charge in [0.25, 0.3) is 0 Å². The van der Waals surface area contributed by atoms with Crippen LogP contribution in [0.5, 0.6) is 0 Å². The lowest BCUT2D eigenvalue weighted by atomic mass is 10.2. The van der Waals surface area contributed by atoms with Crippen LogP contribution in [-0.4, -0.2) is 25.5 Å². The molecule has 6 heteroatoms. The maximum atomic E-state index is 11.8. The van der Waals surface area contributed by atoms with E-state index in [-0.39, 0.29) is 11.5 Å². The predicted molar refractivity (Wildman–Crippen MR) is 74.6 cm³/mol. The summed E-state index contributed by atoms with van der Waals surface area (Å²) in [6.45, 7) is 1.72. The Hall–Kier alpha value is -2.83. The normalized spacial score (nSPS) is 14.1. The Morgan fingerprint density at radius 3 is 2.90 bits per heavy atom. The Morgan fingerprint density at radius 2 is 2.20 bits per heavy atom. The SMILES string of the molecule is N#CC(C#N)=CNc1cccc(N2CCNCC2=O)c1. The Balaban J connectivity index is 2.16. The number of amides is 1. The molecule has 0 aromatic heterocycles. The van der Waals surface area contributed by atoms with Gasteiger partial charge in [0.15, 0.2) is 0 Å². The summed E-state index contributed by atoms with van der Waals surface area (Å²) in [6, 6.07) is 10.8. The second-order valence-electron chi connectivity index (χ2n) is 4.20. The molecular weight excluding hydrogens is 254 g/mol. The molecule has 2 rings (SSSR count). The van der Waals surface area contributed by atoms with Crippen molar-refractivity contribution in [2.45, 2.75) is 0 Å². The van der Waals surface area contributed by atoms with Gasteiger partial charge >= 0.3 is 0 Å². The van der Waals surface area contributed by atoms with Crippen molar-refractivity contribution in [2.24, 2.45) is 0 Å². The van der Waals surface area contributed by atoms with Crippen molar-refractivity contribution >= 4 is 17.3 Å². The number of nitrogens with zero attached hydrogens (tertiary/aromatic N) is 3. The van der Waals surface area contributed by atoms with Crippen molar-refractivity contribution < 1.29 is 4.79 Å². The summed E-state index contributed by atoms with van der Waals surface area (Å²) in [5.74, 6) is 0.0266. The van der Waals surface area contributed by atoms with Gasteiger partial charge in [-0.1, -0.05) is 6.07 Å². The third kappa shape index (κ3) is 3.14. The van der Waals surface area contributed by atoms with Crippen LogP contribution < -0.4 is 15.5 Å². The van der Waals surface area contributed by atoms with E-state index in [1.54, 1.807) is 23.1 Å². The zero-order valence-electron chi connectivity index (χ0n) is 10.8. The smallest absolute Gasteiger partial charge is 0.240 e. The first-order valence-corrected chi connectivity index (χ1v) is 6.12. The predicted octanol–water partition coefficient (Wildman–Crippen LogP) is 0.966. The highest BCUT2D eigenvalue weighted by molar-refractivity contribution is 5.96. The van der Waals surface area contributed by atoms with E-state index in [0.717, 1.165) is 17.9 Å². The molecule has 1 amide bonds. The minimum absolute atomic E-state index is 0.00588. The fourth-order valence-electron chi connectivity index (χ4n) is 1.89. The van der Waals surface area contributed by atoms with Crippen molar-refractivity contribution in [3.05, 3.63) is 36.0 Å². The van der Waals surface area contributed by atoms with E-state index in [0.29, 0.717) is 13.1 Å². The fourth-order valence-corrected chi connectivity index (χ4v) is 1.89. The molecule has 1 aliphatic rings. The van der Waals surface area contributed by atoms with Crippen LogP contribution in [-0.2, 0) is 4.79 Å². The van der Waals surface area contributed by atoms with Gasteiger partial charge in [-0.15, -0.1) is 0 Å². The molecule has 1 saturated heterocycles. The highest BCUT2D eigenvalue weighted by Crippen LogP contribution is 2.20. The van der Waals surface area contributed by atoms with E-state index in [1.807, 2.05) is 18.2 Å². The summed E-state index contributed by atoms with van der Waals surface area (Å²) in [4.78, 5) is 13.5. The molecule has 0 aliphatic carbocycles. The van der Waals surface area contributed by atoms with Crippen LogP contribution in [0.25, 0.3) is 0 Å². The second kappa shape index (κ2) is 6.37. The van der Waals surface area contributed by atoms with Crippen molar-refractivity contribution in [1.82, 2.24) is 5.32 Å². The molecule has 2 N–H and O–H groups in total. The number of anilines is 2. The molecule has 0 spiro atoms. The van der Waals surface area contributed by atoms with Gasteiger partial charge in [0.1, 0.15) is 17.7 Å². The molecule has 1 aromatic rings. The molecule has 0 radical (unpaired) electrons. The van der Waals surface area contributed by atoms with E-state index in [4.69, 9.17) is 10.5 Å². The largest absolute Gasteiger partial charge is 0.360 e. The Morgan fingerprint density at radius 1 is 1.40 bits per heavy atom. The highest BCUT2D eigenvalue weighted by Gasteiger charge is 2.19. The third-order valence-corrected chi connectivity index (χ3v) is 2.87. The van der Waals surface area contributed by atoms with E-state index < -0.39 is 0 Å². The van der Waals surface area contributed by atoms with Gasteiger partial charge < -0.3 is 15.5 Å². The van der Waals surface area contributed by atoms with Crippen LogP contribution >= 0.6 is 0 Å². The Bertz CT molecular complexity index is 607. The van der Waals surface area contributed by atoms with Gasteiger partial charge in [-0.25, -0.2) is 0 Å². The number of benzene rings is 1. The van der Waals surface area contributed by atoms with Gasteiger partial charge in [0.2, 0.25) is 5.91 Å². The van der Waals surface area contributed by atoms with E-state index in [1.165, 1.54) is 6.20 Å². The lowest BCUT2D eigenvalue weighted by molar-refractivity contribution is -0.118. The standard InChI is InChI=1S/C14H13N5O/c15-7-11(8-16)9-18-12-2-1-3-13(6-12)19-5-4-17-10-14(19)20/h1-3,6,9,17-18H,4-5,10H2. The number of carbonyl (C=O) groups is 1. The topological polar surface area (TPSA) is 91.9 Å². The van der Waals surface area contributed by atoms with Gasteiger partial charge in [-0.05, 0) is 18.2 Å². The molecule has 20 heavy (non-hydrogen) atoms. The van der Waals surface area contributed by atoms with Crippen LogP contribution in [0.1, 0.15) is 0 Å². The quantitative estimate of drug-likeness (QED) is 0.796. The number of nitrogens with one attached hydrogen (secondary N) is 2. The lowest BCUT2D eigenvalue weighted by Crippen LogP contribution is -2.48. The molecule has 1 aliphatic heterocycles. The molecule has 0 saturated carbocycles. The molecule has 1 heterocycles. The Labute approximate surface area is 116 Å². The Kier molecular flexibility index (Phi) is 4.33. The van der Waals surface area contributed by atoms with Crippen LogP contribution in [0.15, 0.2) is 36.0 Å². The first kappa shape index (κ1) is 13.6. The molecule has 0 unspecified atom stereocenters. The van der Waals surface area contributed by atoms with Crippen LogP contribution in [0.2, 0.25) is 0 Å². The monoisotopic (exact) mass is 267 g/mol. The minimum Gasteiger partial charge on any atom is -0.360 e. The summed E-state index contributed by atoms with van der Waals surface area (Å²) in [5.41, 5.74) is 1.51. The maximum absolute atomic E-state index is 11.8. The van der Waals surface area contributed by atoms with E-state index in [2.05, 4.69) is 10.6 Å². The number of hydrogen-bond acceptors (Lipinski definition) is 5. The number of carbonyl (C=O) groups excluding carboxylic acids is 1. The summed E-state index contributed by atoms with van der Waals surface area (Å²) in [7, 11) is 0. The summed E-state index contributed by atoms with van der Waals surface area (Å²) < 4.78 is 0. The zero-order chi connectivity index (χ0) is 14.4. The van der Waals surface area contributed by atoms with Gasteiger partial charge in [-0.2, -0.15) is 10.5 Å². The van der Waals surface area contributed by atoms with E-state index in [9.17, 15) is 4.79 Å². The van der Waals surface area contributed by atoms with Crippen molar-refractivity contribution in [2.75, 3.05) is 29.9 Å². The van der Waals surface area contributed by atoms with Crippen LogP contribution in [0.4, 0.5) is 11.4 Å². The molecule has 100 valence electrons. The molecule has 1 aromatic carbocycles. The molecule has 0 bridgehead atoms. The fraction of sp³-hybridized carbons (Fsp3) is 0.214. The lowest BCUT2D eigenvalue weighted by Gasteiger charge is -2.27. The van der Waals surface area contributed by atoms with Crippen molar-refractivity contribution in [1.29, 1.82) is 10.5 Å². The first-order chi connectivity index (χ1) is 9.74. The maximum Gasteiger partial charge on any atom is 0.240 e. The minimum atomic E-state index is -0.00588. The van der Waals surface area contributed by atoms with Crippen LogP contribution in [0.3, 0.4) is 0 Å². The average molecular weight is 267 g/mol. The summed E-state index contributed by atoms with van der Waals surface area (Å²) in [6.07, 6.45) is 1.35. The molecule has 6 nitrogen and oxygen atoms in total. The number of nitriles is 2. The number of piperazine rings is 1. The van der Waals surface area contributed by atoms with Gasteiger partial charge in [0, 0.05) is 30.7 Å². The number of hydrogen-bond donors (Lipinski definition) is 2. The molecule has 0 atom stereocenters. The summed E-state index contributed by atoms with van der Waals surface area (Å²) in [5, 5.41) is 23.2. The van der Waals surface area contributed by atoms with Crippen molar-refractivity contribution in [3.8, 4) is 12.1 Å². The molecule has 1 fully saturated rings. The molecular formula is C14H13N5O. The third-order valence-electron chi connectivity index (χ3n) is 2.87. The number of rotatable bonds is 3. The van der Waals surface area contributed by atoms with Crippen LogP contribution in [0, 0.1) is 22.7 Å². The van der Waals surface area contributed by atoms with Gasteiger partial charge in [0.05, 0.1) is 6.54 Å². The first-order valence-electron chi connectivity index (χ1n) is 6.12. The van der Waals surface area contributed by atoms with Gasteiger partial charge in [-0.3, -0.25) is 4.79 Å². The highest BCUT2D eigenvalue weighted by atomic mass is 16.2.